The molecule has 2 aromatic carbocycles. The van der Waals surface area contributed by atoms with Crippen LogP contribution in [0.5, 0.6) is 11.5 Å². The van der Waals surface area contributed by atoms with Crippen LogP contribution in [0.15, 0.2) is 47.8 Å². The summed E-state index contributed by atoms with van der Waals surface area (Å²) in [5, 5.41) is 13.4. The second-order valence-corrected chi connectivity index (χ2v) is 6.24. The number of aryl methyl sites for hydroxylation is 1. The zero-order chi connectivity index (χ0) is 18.7. The summed E-state index contributed by atoms with van der Waals surface area (Å²) >= 11 is 1.30. The average Bonchev–Trinajstić information content (AvgIpc) is 3.12. The van der Waals surface area contributed by atoms with E-state index < -0.39 is 10.9 Å². The number of methoxy groups -OCH3 is 1. The van der Waals surface area contributed by atoms with Crippen LogP contribution in [0, 0.1) is 17.0 Å². The Morgan fingerprint density at radius 1 is 1.19 bits per heavy atom. The first-order valence-corrected chi connectivity index (χ1v) is 8.43. The lowest BCUT2D eigenvalue weighted by atomic mass is 10.2. The van der Waals surface area contributed by atoms with Gasteiger partial charge < -0.3 is 9.47 Å². The van der Waals surface area contributed by atoms with E-state index >= 15 is 0 Å². The number of benzene rings is 2. The first-order valence-electron chi connectivity index (χ1n) is 7.55. The van der Waals surface area contributed by atoms with E-state index in [2.05, 4.69) is 4.98 Å². The standard InChI is InChI=1S/C18H14N2O5S/c1-11-3-5-12(6-4-11)17-19-14(10-26-17)18(21)25-16-8-7-13(24-2)9-15(16)20(22)23/h3-10H,1-2H3. The van der Waals surface area contributed by atoms with Crippen molar-refractivity contribution in [2.75, 3.05) is 7.11 Å². The van der Waals surface area contributed by atoms with Crippen molar-refractivity contribution in [1.82, 2.24) is 4.98 Å². The molecule has 1 aromatic heterocycles. The monoisotopic (exact) mass is 370 g/mol. The maximum absolute atomic E-state index is 12.3. The number of thiazole rings is 1. The van der Waals surface area contributed by atoms with Gasteiger partial charge in [-0.2, -0.15) is 0 Å². The topological polar surface area (TPSA) is 91.6 Å². The van der Waals surface area contributed by atoms with Crippen LogP contribution in [0.1, 0.15) is 16.1 Å². The fourth-order valence-corrected chi connectivity index (χ4v) is 3.00. The molecule has 0 aliphatic carbocycles. The molecule has 7 nitrogen and oxygen atoms in total. The molecular formula is C18H14N2O5S. The minimum atomic E-state index is -0.757. The second-order valence-electron chi connectivity index (χ2n) is 5.38. The van der Waals surface area contributed by atoms with Crippen LogP contribution in [-0.2, 0) is 0 Å². The first-order chi connectivity index (χ1) is 12.5. The summed E-state index contributed by atoms with van der Waals surface area (Å²) in [7, 11) is 1.40. The lowest BCUT2D eigenvalue weighted by Crippen LogP contribution is -2.10. The van der Waals surface area contributed by atoms with E-state index in [-0.39, 0.29) is 17.1 Å². The Labute approximate surface area is 153 Å². The molecule has 0 bridgehead atoms. The molecule has 0 amide bonds. The third kappa shape index (κ3) is 3.70. The molecule has 0 fully saturated rings. The van der Waals surface area contributed by atoms with Gasteiger partial charge >= 0.3 is 11.7 Å². The summed E-state index contributed by atoms with van der Waals surface area (Å²) in [4.78, 5) is 27.1. The molecule has 0 unspecified atom stereocenters. The van der Waals surface area contributed by atoms with E-state index in [1.807, 2.05) is 31.2 Å². The minimum Gasteiger partial charge on any atom is -0.496 e. The normalized spacial score (nSPS) is 10.4. The van der Waals surface area contributed by atoms with Crippen molar-refractivity contribution < 1.29 is 19.2 Å². The van der Waals surface area contributed by atoms with Crippen molar-refractivity contribution in [2.45, 2.75) is 6.92 Å². The van der Waals surface area contributed by atoms with Gasteiger partial charge in [-0.05, 0) is 19.1 Å². The Balaban J connectivity index is 1.83. The SMILES string of the molecule is COc1ccc(OC(=O)c2csc(-c3ccc(C)cc3)n2)c([N+](=O)[O-])c1. The average molecular weight is 370 g/mol. The Bertz CT molecular complexity index is 966. The van der Waals surface area contributed by atoms with Gasteiger partial charge in [0.25, 0.3) is 0 Å². The predicted octanol–water partition coefficient (Wildman–Crippen LogP) is 4.25. The highest BCUT2D eigenvalue weighted by Crippen LogP contribution is 2.32. The zero-order valence-corrected chi connectivity index (χ0v) is 14.8. The lowest BCUT2D eigenvalue weighted by Gasteiger charge is -2.05. The van der Waals surface area contributed by atoms with Gasteiger partial charge in [0.05, 0.1) is 18.1 Å². The highest BCUT2D eigenvalue weighted by atomic mass is 32.1. The number of rotatable bonds is 5. The third-order valence-corrected chi connectivity index (χ3v) is 4.47. The molecule has 0 aliphatic heterocycles. The van der Waals surface area contributed by atoms with E-state index in [4.69, 9.17) is 9.47 Å². The molecule has 8 heteroatoms. The van der Waals surface area contributed by atoms with Crippen LogP contribution in [0.25, 0.3) is 10.6 Å². The summed E-state index contributed by atoms with van der Waals surface area (Å²) in [5.74, 6) is -0.620. The van der Waals surface area contributed by atoms with Crippen molar-refractivity contribution in [3.8, 4) is 22.1 Å². The van der Waals surface area contributed by atoms with Crippen LogP contribution in [0.2, 0.25) is 0 Å². The van der Waals surface area contributed by atoms with Gasteiger partial charge in [0.15, 0.2) is 5.69 Å². The van der Waals surface area contributed by atoms with Crippen molar-refractivity contribution in [3.63, 3.8) is 0 Å². The second kappa shape index (κ2) is 7.32. The summed E-state index contributed by atoms with van der Waals surface area (Å²) in [6, 6.07) is 11.7. The summed E-state index contributed by atoms with van der Waals surface area (Å²) in [6.45, 7) is 1.98. The number of esters is 1. The van der Waals surface area contributed by atoms with Gasteiger partial charge in [0, 0.05) is 10.9 Å². The number of ether oxygens (including phenoxy) is 2. The quantitative estimate of drug-likeness (QED) is 0.288. The van der Waals surface area contributed by atoms with Crippen molar-refractivity contribution in [1.29, 1.82) is 0 Å². The summed E-state index contributed by atoms with van der Waals surface area (Å²) in [5.41, 5.74) is 1.74. The van der Waals surface area contributed by atoms with Gasteiger partial charge in [-0.3, -0.25) is 10.1 Å². The summed E-state index contributed by atoms with van der Waals surface area (Å²) in [6.07, 6.45) is 0. The molecule has 0 saturated carbocycles. The van der Waals surface area contributed by atoms with Gasteiger partial charge in [0.1, 0.15) is 10.8 Å². The highest BCUT2D eigenvalue weighted by molar-refractivity contribution is 7.13. The molecule has 1 heterocycles. The van der Waals surface area contributed by atoms with Gasteiger partial charge in [-0.15, -0.1) is 11.3 Å². The molecule has 3 aromatic rings. The molecule has 132 valence electrons. The fraction of sp³-hybridized carbons (Fsp3) is 0.111. The van der Waals surface area contributed by atoms with Crippen LogP contribution in [0.3, 0.4) is 0 Å². The largest absolute Gasteiger partial charge is 0.496 e. The van der Waals surface area contributed by atoms with E-state index in [1.165, 1.54) is 36.6 Å². The number of nitrogens with zero attached hydrogens (tertiary/aromatic N) is 2. The lowest BCUT2D eigenvalue weighted by molar-refractivity contribution is -0.385. The fourth-order valence-electron chi connectivity index (χ4n) is 2.20. The van der Waals surface area contributed by atoms with E-state index in [1.54, 1.807) is 5.38 Å². The smallest absolute Gasteiger partial charge is 0.363 e. The summed E-state index contributed by atoms with van der Waals surface area (Å²) < 4.78 is 10.1. The number of hydrogen-bond acceptors (Lipinski definition) is 7. The molecule has 0 radical (unpaired) electrons. The van der Waals surface area contributed by atoms with Crippen LogP contribution in [0.4, 0.5) is 5.69 Å². The Hall–Kier alpha value is -3.26. The zero-order valence-electron chi connectivity index (χ0n) is 14.0. The van der Waals surface area contributed by atoms with E-state index in [0.717, 1.165) is 11.1 Å². The molecular weight excluding hydrogens is 356 g/mol. The molecule has 26 heavy (non-hydrogen) atoms. The molecule has 0 saturated heterocycles. The number of nitro benzene ring substituents is 1. The number of hydrogen-bond donors (Lipinski definition) is 0. The number of carbonyl (C=O) groups excluding carboxylic acids is 1. The number of carbonyl (C=O) groups is 1. The van der Waals surface area contributed by atoms with Crippen LogP contribution in [-0.4, -0.2) is 23.0 Å². The maximum Gasteiger partial charge on any atom is 0.363 e. The Morgan fingerprint density at radius 2 is 1.92 bits per heavy atom. The van der Waals surface area contributed by atoms with Gasteiger partial charge in [0.2, 0.25) is 5.75 Å². The van der Waals surface area contributed by atoms with Crippen LogP contribution < -0.4 is 9.47 Å². The molecule has 0 aliphatic rings. The number of aromatic nitrogens is 1. The van der Waals surface area contributed by atoms with Crippen molar-refractivity contribution in [3.05, 3.63) is 69.2 Å². The first kappa shape index (κ1) is 17.6. The Morgan fingerprint density at radius 3 is 2.58 bits per heavy atom. The number of nitro groups is 1. The molecule has 0 spiro atoms. The van der Waals surface area contributed by atoms with Gasteiger partial charge in [-0.1, -0.05) is 29.8 Å². The molecule has 0 N–H and O–H groups in total. The molecule has 3 rings (SSSR count). The highest BCUT2D eigenvalue weighted by Gasteiger charge is 2.21. The van der Waals surface area contributed by atoms with Crippen LogP contribution >= 0.6 is 11.3 Å². The predicted molar refractivity (Wildman–Crippen MR) is 96.9 cm³/mol. The van der Waals surface area contributed by atoms with Gasteiger partial charge in [-0.25, -0.2) is 9.78 Å². The van der Waals surface area contributed by atoms with Crippen molar-refractivity contribution >= 4 is 23.0 Å². The van der Waals surface area contributed by atoms with E-state index in [0.29, 0.717) is 10.8 Å². The van der Waals surface area contributed by atoms with Crippen molar-refractivity contribution in [2.24, 2.45) is 0 Å². The third-order valence-electron chi connectivity index (χ3n) is 3.58. The molecule has 0 atom stereocenters. The van der Waals surface area contributed by atoms with E-state index in [9.17, 15) is 14.9 Å². The maximum atomic E-state index is 12.3. The minimum absolute atomic E-state index is 0.0932. The Kier molecular flexibility index (Phi) is 4.94.